The number of hydrogen-bond acceptors (Lipinski definition) is 4. The molecule has 0 spiro atoms. The molecule has 2 rings (SSSR count). The summed E-state index contributed by atoms with van der Waals surface area (Å²) < 4.78 is 5.66. The van der Waals surface area contributed by atoms with Gasteiger partial charge in [-0.05, 0) is 48.9 Å². The largest absolute Gasteiger partial charge is 0.489 e. The second-order valence-electron chi connectivity index (χ2n) is 5.37. The van der Waals surface area contributed by atoms with E-state index in [4.69, 9.17) is 15.3 Å². The number of hydrogen-bond donors (Lipinski definition) is 1. The maximum absolute atomic E-state index is 12.1. The van der Waals surface area contributed by atoms with E-state index >= 15 is 0 Å². The number of benzene rings is 2. The van der Waals surface area contributed by atoms with E-state index < -0.39 is 0 Å². The highest BCUT2D eigenvalue weighted by molar-refractivity contribution is 5.94. The van der Waals surface area contributed by atoms with Crippen LogP contribution in [0.15, 0.2) is 48.5 Å². The van der Waals surface area contributed by atoms with Crippen molar-refractivity contribution in [2.24, 2.45) is 5.92 Å². The third-order valence-corrected chi connectivity index (χ3v) is 3.37. The zero-order valence-electron chi connectivity index (χ0n) is 13.3. The second kappa shape index (κ2) is 8.36. The molecule has 0 aliphatic carbocycles. The van der Waals surface area contributed by atoms with Gasteiger partial charge in [0.1, 0.15) is 12.4 Å². The van der Waals surface area contributed by atoms with Crippen LogP contribution in [0, 0.1) is 28.6 Å². The van der Waals surface area contributed by atoms with E-state index in [1.807, 2.05) is 6.07 Å². The molecular formula is C19H17N3O2. The van der Waals surface area contributed by atoms with E-state index in [1.165, 1.54) is 0 Å². The van der Waals surface area contributed by atoms with Gasteiger partial charge in [-0.25, -0.2) is 0 Å². The first-order chi connectivity index (χ1) is 11.6. The standard InChI is InChI=1S/C19H17N3O2/c1-14(10-20)12-22-19(23)17-4-2-3-16(9-17)13-24-18-7-5-15(11-21)6-8-18/h2-9,14H,12-13H2,1H3,(H,22,23)/t14-/m0/s1. The fourth-order valence-electron chi connectivity index (χ4n) is 1.99. The van der Waals surface area contributed by atoms with Gasteiger partial charge in [0.2, 0.25) is 0 Å². The molecule has 0 fully saturated rings. The number of ether oxygens (including phenoxy) is 1. The van der Waals surface area contributed by atoms with Gasteiger partial charge in [-0.2, -0.15) is 10.5 Å². The van der Waals surface area contributed by atoms with Crippen molar-refractivity contribution in [2.45, 2.75) is 13.5 Å². The summed E-state index contributed by atoms with van der Waals surface area (Å²) in [6, 6.07) is 18.1. The highest BCUT2D eigenvalue weighted by atomic mass is 16.5. The zero-order chi connectivity index (χ0) is 17.4. The van der Waals surface area contributed by atoms with Crippen molar-refractivity contribution in [1.82, 2.24) is 5.32 Å². The number of carbonyl (C=O) groups is 1. The average molecular weight is 319 g/mol. The van der Waals surface area contributed by atoms with Gasteiger partial charge in [0, 0.05) is 12.1 Å². The van der Waals surface area contributed by atoms with Crippen LogP contribution in [-0.4, -0.2) is 12.5 Å². The van der Waals surface area contributed by atoms with E-state index in [-0.39, 0.29) is 11.8 Å². The molecular weight excluding hydrogens is 302 g/mol. The molecule has 1 amide bonds. The molecule has 0 unspecified atom stereocenters. The Morgan fingerprint density at radius 2 is 1.96 bits per heavy atom. The van der Waals surface area contributed by atoms with Crippen molar-refractivity contribution >= 4 is 5.91 Å². The normalized spacial score (nSPS) is 11.0. The van der Waals surface area contributed by atoms with Crippen LogP contribution in [0.4, 0.5) is 0 Å². The minimum Gasteiger partial charge on any atom is -0.489 e. The van der Waals surface area contributed by atoms with Crippen LogP contribution in [-0.2, 0) is 6.61 Å². The SMILES string of the molecule is C[C@@H](C#N)CNC(=O)c1cccc(COc2ccc(C#N)cc2)c1. The summed E-state index contributed by atoms with van der Waals surface area (Å²) in [5, 5.41) is 20.2. The van der Waals surface area contributed by atoms with E-state index in [2.05, 4.69) is 17.5 Å². The van der Waals surface area contributed by atoms with Gasteiger partial charge in [-0.15, -0.1) is 0 Å². The molecule has 0 radical (unpaired) electrons. The first-order valence-electron chi connectivity index (χ1n) is 7.52. The monoisotopic (exact) mass is 319 g/mol. The van der Waals surface area contributed by atoms with Gasteiger partial charge in [0.25, 0.3) is 5.91 Å². The highest BCUT2D eigenvalue weighted by Gasteiger charge is 2.08. The van der Waals surface area contributed by atoms with Crippen LogP contribution in [0.25, 0.3) is 0 Å². The van der Waals surface area contributed by atoms with Gasteiger partial charge in [-0.1, -0.05) is 12.1 Å². The minimum atomic E-state index is -0.225. The summed E-state index contributed by atoms with van der Waals surface area (Å²) in [6.07, 6.45) is 0. The molecule has 24 heavy (non-hydrogen) atoms. The summed E-state index contributed by atoms with van der Waals surface area (Å²) in [5.74, 6) is 0.223. The Balaban J connectivity index is 1.95. The third kappa shape index (κ3) is 4.86. The maximum atomic E-state index is 12.1. The maximum Gasteiger partial charge on any atom is 0.251 e. The lowest BCUT2D eigenvalue weighted by Crippen LogP contribution is -2.27. The van der Waals surface area contributed by atoms with Crippen molar-refractivity contribution in [1.29, 1.82) is 10.5 Å². The predicted molar refractivity (Wildman–Crippen MR) is 89.0 cm³/mol. The van der Waals surface area contributed by atoms with Crippen LogP contribution < -0.4 is 10.1 Å². The van der Waals surface area contributed by atoms with Crippen LogP contribution in [0.3, 0.4) is 0 Å². The van der Waals surface area contributed by atoms with Gasteiger partial charge < -0.3 is 10.1 Å². The first kappa shape index (κ1) is 17.1. The summed E-state index contributed by atoms with van der Waals surface area (Å²) >= 11 is 0. The molecule has 0 aliphatic heterocycles. The summed E-state index contributed by atoms with van der Waals surface area (Å²) in [6.45, 7) is 2.39. The van der Waals surface area contributed by atoms with Crippen LogP contribution >= 0.6 is 0 Å². The Kier molecular flexibility index (Phi) is 5.94. The lowest BCUT2D eigenvalue weighted by molar-refractivity contribution is 0.0950. The molecule has 0 aliphatic rings. The Morgan fingerprint density at radius 1 is 1.21 bits per heavy atom. The second-order valence-corrected chi connectivity index (χ2v) is 5.37. The Bertz CT molecular complexity index is 785. The molecule has 0 aromatic heterocycles. The predicted octanol–water partition coefficient (Wildman–Crippen LogP) is 3.03. The molecule has 0 saturated carbocycles. The van der Waals surface area contributed by atoms with Crippen molar-refractivity contribution in [2.75, 3.05) is 6.54 Å². The number of amides is 1. The molecule has 0 bridgehead atoms. The zero-order valence-corrected chi connectivity index (χ0v) is 13.3. The van der Waals surface area contributed by atoms with E-state index in [0.717, 1.165) is 5.56 Å². The van der Waals surface area contributed by atoms with Crippen LogP contribution in [0.2, 0.25) is 0 Å². The molecule has 1 atom stereocenters. The van der Waals surface area contributed by atoms with E-state index in [9.17, 15) is 4.79 Å². The number of carbonyl (C=O) groups excluding carboxylic acids is 1. The van der Waals surface area contributed by atoms with Gasteiger partial charge >= 0.3 is 0 Å². The fraction of sp³-hybridized carbons (Fsp3) is 0.211. The molecule has 2 aromatic carbocycles. The average Bonchev–Trinajstić information content (AvgIpc) is 2.64. The first-order valence-corrected chi connectivity index (χ1v) is 7.52. The third-order valence-electron chi connectivity index (χ3n) is 3.37. The van der Waals surface area contributed by atoms with Crippen molar-refractivity contribution in [3.05, 3.63) is 65.2 Å². The number of nitrogens with zero attached hydrogens (tertiary/aromatic N) is 2. The van der Waals surface area contributed by atoms with Crippen molar-refractivity contribution in [3.63, 3.8) is 0 Å². The Morgan fingerprint density at radius 3 is 2.62 bits per heavy atom. The number of rotatable bonds is 6. The van der Waals surface area contributed by atoms with Crippen molar-refractivity contribution in [3.8, 4) is 17.9 Å². The minimum absolute atomic E-state index is 0.211. The highest BCUT2D eigenvalue weighted by Crippen LogP contribution is 2.14. The molecule has 5 heteroatoms. The summed E-state index contributed by atoms with van der Waals surface area (Å²) in [4.78, 5) is 12.1. The number of nitriles is 2. The quantitative estimate of drug-likeness (QED) is 0.886. The van der Waals surface area contributed by atoms with E-state index in [1.54, 1.807) is 49.4 Å². The van der Waals surface area contributed by atoms with Gasteiger partial charge in [0.05, 0.1) is 23.6 Å². The summed E-state index contributed by atoms with van der Waals surface area (Å²) in [7, 11) is 0. The van der Waals surface area contributed by atoms with E-state index in [0.29, 0.717) is 30.0 Å². The molecule has 1 N–H and O–H groups in total. The fourth-order valence-corrected chi connectivity index (χ4v) is 1.99. The summed E-state index contributed by atoms with van der Waals surface area (Å²) in [5.41, 5.74) is 1.97. The topological polar surface area (TPSA) is 85.9 Å². The molecule has 5 nitrogen and oxygen atoms in total. The lowest BCUT2D eigenvalue weighted by Gasteiger charge is -2.09. The Labute approximate surface area is 141 Å². The molecule has 0 heterocycles. The van der Waals surface area contributed by atoms with Gasteiger partial charge in [0.15, 0.2) is 0 Å². The molecule has 0 saturated heterocycles. The van der Waals surface area contributed by atoms with Crippen LogP contribution in [0.1, 0.15) is 28.4 Å². The Hall–Kier alpha value is -3.31. The lowest BCUT2D eigenvalue weighted by atomic mass is 10.1. The molecule has 120 valence electrons. The smallest absolute Gasteiger partial charge is 0.251 e. The molecule has 2 aromatic rings. The van der Waals surface area contributed by atoms with Gasteiger partial charge in [-0.3, -0.25) is 4.79 Å². The van der Waals surface area contributed by atoms with Crippen molar-refractivity contribution < 1.29 is 9.53 Å². The number of nitrogens with one attached hydrogen (secondary N) is 1. The van der Waals surface area contributed by atoms with Crippen LogP contribution in [0.5, 0.6) is 5.75 Å².